The topological polar surface area (TPSA) is 47.6 Å². The van der Waals surface area contributed by atoms with Crippen molar-refractivity contribution in [2.45, 2.75) is 44.9 Å². The van der Waals surface area contributed by atoms with E-state index < -0.39 is 11.7 Å². The van der Waals surface area contributed by atoms with Gasteiger partial charge in [0, 0.05) is 18.0 Å². The van der Waals surface area contributed by atoms with E-state index in [1.807, 2.05) is 39.0 Å². The summed E-state index contributed by atoms with van der Waals surface area (Å²) in [5, 5.41) is 2.91. The summed E-state index contributed by atoms with van der Waals surface area (Å²) in [5.74, 6) is 0. The molecule has 1 aliphatic carbocycles. The minimum atomic E-state index is -0.509. The predicted molar refractivity (Wildman–Crippen MR) is 80.8 cm³/mol. The van der Waals surface area contributed by atoms with Crippen LogP contribution < -0.4 is 5.32 Å². The molecule has 0 heterocycles. The highest BCUT2D eigenvalue weighted by Gasteiger charge is 2.35. The maximum absolute atomic E-state index is 12.0. The molecule has 0 aliphatic heterocycles. The molecular formula is C15H20BrNO3. The van der Waals surface area contributed by atoms with Crippen molar-refractivity contribution in [2.75, 3.05) is 7.11 Å². The Hall–Kier alpha value is -1.07. The number of halogens is 1. The van der Waals surface area contributed by atoms with Gasteiger partial charge in [-0.3, -0.25) is 0 Å². The maximum atomic E-state index is 12.0. The molecule has 1 aromatic rings. The van der Waals surface area contributed by atoms with Crippen molar-refractivity contribution in [2.24, 2.45) is 0 Å². The van der Waals surface area contributed by atoms with Gasteiger partial charge in [0.2, 0.25) is 0 Å². The number of amides is 1. The van der Waals surface area contributed by atoms with E-state index in [4.69, 9.17) is 9.47 Å². The lowest BCUT2D eigenvalue weighted by Crippen LogP contribution is -2.38. The lowest BCUT2D eigenvalue weighted by molar-refractivity contribution is 0.0368. The lowest BCUT2D eigenvalue weighted by atomic mass is 10.1. The third-order valence-corrected chi connectivity index (χ3v) is 3.99. The van der Waals surface area contributed by atoms with Gasteiger partial charge in [0.25, 0.3) is 0 Å². The molecule has 0 unspecified atom stereocenters. The van der Waals surface area contributed by atoms with Crippen molar-refractivity contribution in [3.63, 3.8) is 0 Å². The van der Waals surface area contributed by atoms with E-state index in [0.29, 0.717) is 0 Å². The van der Waals surface area contributed by atoms with Gasteiger partial charge in [0.1, 0.15) is 5.60 Å². The highest BCUT2D eigenvalue weighted by molar-refractivity contribution is 9.10. The van der Waals surface area contributed by atoms with Gasteiger partial charge in [-0.15, -0.1) is 0 Å². The summed E-state index contributed by atoms with van der Waals surface area (Å²) in [6.45, 7) is 5.54. The molecule has 0 aromatic heterocycles. The van der Waals surface area contributed by atoms with Crippen molar-refractivity contribution in [1.29, 1.82) is 0 Å². The molecule has 110 valence electrons. The first-order valence-corrected chi connectivity index (χ1v) is 7.40. The van der Waals surface area contributed by atoms with Gasteiger partial charge in [-0.05, 0) is 38.0 Å². The molecule has 0 saturated heterocycles. The van der Waals surface area contributed by atoms with Gasteiger partial charge in [0.15, 0.2) is 0 Å². The number of nitrogens with one attached hydrogen (secondary N) is 1. The second-order valence-corrected chi connectivity index (χ2v) is 6.76. The highest BCUT2D eigenvalue weighted by Crippen LogP contribution is 2.37. The summed E-state index contributed by atoms with van der Waals surface area (Å²) in [4.78, 5) is 12.0. The number of hydrogen-bond acceptors (Lipinski definition) is 3. The molecule has 0 saturated carbocycles. The van der Waals surface area contributed by atoms with Gasteiger partial charge in [-0.25, -0.2) is 4.79 Å². The van der Waals surface area contributed by atoms with Crippen molar-refractivity contribution in [3.05, 3.63) is 33.8 Å². The number of carbonyl (C=O) groups is 1. The predicted octanol–water partition coefficient (Wildman–Crippen LogP) is 3.59. The Morgan fingerprint density at radius 3 is 2.70 bits per heavy atom. The number of methoxy groups -OCH3 is 1. The van der Waals surface area contributed by atoms with Crippen LogP contribution in [0.4, 0.5) is 4.79 Å². The zero-order valence-corrected chi connectivity index (χ0v) is 13.8. The molecule has 2 rings (SSSR count). The minimum absolute atomic E-state index is 0.0729. The summed E-state index contributed by atoms with van der Waals surface area (Å²) in [7, 11) is 1.66. The van der Waals surface area contributed by atoms with E-state index in [1.54, 1.807) is 7.11 Å². The lowest BCUT2D eigenvalue weighted by Gasteiger charge is -2.24. The molecule has 4 nitrogen and oxygen atoms in total. The molecule has 2 atom stereocenters. The third kappa shape index (κ3) is 3.33. The zero-order chi connectivity index (χ0) is 14.9. The number of benzene rings is 1. The monoisotopic (exact) mass is 341 g/mol. The fourth-order valence-corrected chi connectivity index (χ4v) is 2.97. The second kappa shape index (κ2) is 5.74. The van der Waals surface area contributed by atoms with E-state index in [1.165, 1.54) is 5.56 Å². The average molecular weight is 342 g/mol. The van der Waals surface area contributed by atoms with Crippen LogP contribution in [0, 0.1) is 0 Å². The molecule has 0 radical (unpaired) electrons. The van der Waals surface area contributed by atoms with E-state index >= 15 is 0 Å². The Kier molecular flexibility index (Phi) is 4.39. The quantitative estimate of drug-likeness (QED) is 0.894. The molecule has 1 aliphatic rings. The van der Waals surface area contributed by atoms with Gasteiger partial charge < -0.3 is 14.8 Å². The first-order valence-electron chi connectivity index (χ1n) is 6.61. The Labute approximate surface area is 128 Å². The molecule has 0 spiro atoms. The van der Waals surface area contributed by atoms with E-state index in [2.05, 4.69) is 21.2 Å². The Balaban J connectivity index is 2.19. The van der Waals surface area contributed by atoms with Crippen LogP contribution >= 0.6 is 15.9 Å². The summed E-state index contributed by atoms with van der Waals surface area (Å²) in [6, 6.07) is 5.80. The molecule has 5 heteroatoms. The van der Waals surface area contributed by atoms with Gasteiger partial charge >= 0.3 is 6.09 Å². The third-order valence-electron chi connectivity index (χ3n) is 3.24. The molecule has 20 heavy (non-hydrogen) atoms. The normalized spacial score (nSPS) is 21.4. The van der Waals surface area contributed by atoms with Crippen LogP contribution in [0.2, 0.25) is 0 Å². The molecule has 1 N–H and O–H groups in total. The first-order chi connectivity index (χ1) is 9.31. The second-order valence-electron chi connectivity index (χ2n) is 5.91. The molecule has 0 bridgehead atoms. The maximum Gasteiger partial charge on any atom is 0.408 e. The Morgan fingerprint density at radius 1 is 1.40 bits per heavy atom. The van der Waals surface area contributed by atoms with Crippen LogP contribution in [0.25, 0.3) is 0 Å². The molecule has 0 fully saturated rings. The van der Waals surface area contributed by atoms with Crippen molar-refractivity contribution in [3.8, 4) is 0 Å². The summed E-state index contributed by atoms with van der Waals surface area (Å²) in [5.41, 5.74) is 1.75. The standard InChI is InChI=1S/C15H20BrNO3/c1-15(2,3)20-14(18)17-13-9-6-5-7-11(16)10(9)8-12(13)19-4/h5-7,12-13H,8H2,1-4H3,(H,17,18)/t12-,13-/m1/s1. The number of hydrogen-bond donors (Lipinski definition) is 1. The largest absolute Gasteiger partial charge is 0.444 e. The average Bonchev–Trinajstić information content (AvgIpc) is 2.67. The van der Waals surface area contributed by atoms with E-state index in [9.17, 15) is 4.79 Å². The molecule has 1 aromatic carbocycles. The Bertz CT molecular complexity index is 510. The van der Waals surface area contributed by atoms with E-state index in [-0.39, 0.29) is 12.1 Å². The van der Waals surface area contributed by atoms with Gasteiger partial charge in [-0.1, -0.05) is 28.1 Å². The van der Waals surface area contributed by atoms with Crippen LogP contribution in [-0.4, -0.2) is 24.9 Å². The van der Waals surface area contributed by atoms with Crippen LogP contribution in [0.5, 0.6) is 0 Å². The number of rotatable bonds is 2. The minimum Gasteiger partial charge on any atom is -0.444 e. The zero-order valence-electron chi connectivity index (χ0n) is 12.2. The Morgan fingerprint density at radius 2 is 2.10 bits per heavy atom. The van der Waals surface area contributed by atoms with Crippen LogP contribution in [0.1, 0.15) is 37.9 Å². The summed E-state index contributed by atoms with van der Waals surface area (Å²) >= 11 is 3.55. The van der Waals surface area contributed by atoms with Crippen LogP contribution in [0.15, 0.2) is 22.7 Å². The highest BCUT2D eigenvalue weighted by atomic mass is 79.9. The smallest absolute Gasteiger partial charge is 0.408 e. The fraction of sp³-hybridized carbons (Fsp3) is 0.533. The van der Waals surface area contributed by atoms with Gasteiger partial charge in [0.05, 0.1) is 12.1 Å². The van der Waals surface area contributed by atoms with Gasteiger partial charge in [-0.2, -0.15) is 0 Å². The summed E-state index contributed by atoms with van der Waals surface area (Å²) in [6.07, 6.45) is 0.280. The van der Waals surface area contributed by atoms with E-state index in [0.717, 1.165) is 16.5 Å². The van der Waals surface area contributed by atoms with Crippen LogP contribution in [0.3, 0.4) is 0 Å². The number of carbonyl (C=O) groups excluding carboxylic acids is 1. The molecular weight excluding hydrogens is 322 g/mol. The summed E-state index contributed by atoms with van der Waals surface area (Å²) < 4.78 is 11.9. The first kappa shape index (κ1) is 15.3. The van der Waals surface area contributed by atoms with Crippen molar-refractivity contribution >= 4 is 22.0 Å². The van der Waals surface area contributed by atoms with Crippen molar-refractivity contribution in [1.82, 2.24) is 5.32 Å². The number of fused-ring (bicyclic) bond motifs is 1. The number of ether oxygens (including phenoxy) is 2. The number of alkyl carbamates (subject to hydrolysis) is 1. The fourth-order valence-electron chi connectivity index (χ4n) is 2.43. The van der Waals surface area contributed by atoms with Crippen LogP contribution in [-0.2, 0) is 15.9 Å². The molecule has 1 amide bonds. The van der Waals surface area contributed by atoms with Crippen molar-refractivity contribution < 1.29 is 14.3 Å². The SMILES string of the molecule is CO[C@@H]1Cc2c(Br)cccc2[C@H]1NC(=O)OC(C)(C)C.